The van der Waals surface area contributed by atoms with Crippen LogP contribution in [-0.4, -0.2) is 4.98 Å². The molecule has 0 unspecified atom stereocenters. The topological polar surface area (TPSA) is 37.0 Å². The first-order valence-electron chi connectivity index (χ1n) is 9.24. The average molecular weight is 345 g/mol. The number of aromatic nitrogens is 1. The highest BCUT2D eigenvalue weighted by Gasteiger charge is 2.07. The molecule has 3 aromatic rings. The number of pyridine rings is 1. The van der Waals surface area contributed by atoms with Crippen molar-refractivity contribution in [1.29, 1.82) is 0 Å². The molecule has 1 aromatic heterocycles. The van der Waals surface area contributed by atoms with E-state index in [2.05, 4.69) is 91.2 Å². The first-order valence-corrected chi connectivity index (χ1v) is 9.24. The van der Waals surface area contributed by atoms with Gasteiger partial charge in [0.1, 0.15) is 0 Å². The highest BCUT2D eigenvalue weighted by Crippen LogP contribution is 2.13. The summed E-state index contributed by atoms with van der Waals surface area (Å²) < 4.78 is 0. The molecule has 2 N–H and O–H groups in total. The van der Waals surface area contributed by atoms with Gasteiger partial charge in [0.15, 0.2) is 0 Å². The fourth-order valence-corrected chi connectivity index (χ4v) is 2.96. The summed E-state index contributed by atoms with van der Waals surface area (Å²) in [6, 6.07) is 27.8. The van der Waals surface area contributed by atoms with Crippen LogP contribution in [0.25, 0.3) is 0 Å². The van der Waals surface area contributed by atoms with Crippen molar-refractivity contribution in [3.05, 3.63) is 101 Å². The molecule has 2 atom stereocenters. The smallest absolute Gasteiger partial charge is 0.0545 e. The molecular formula is C23H27N3. The predicted molar refractivity (Wildman–Crippen MR) is 108 cm³/mol. The molecule has 0 aliphatic heterocycles. The average Bonchev–Trinajstić information content (AvgIpc) is 2.72. The van der Waals surface area contributed by atoms with Crippen LogP contribution >= 0.6 is 0 Å². The van der Waals surface area contributed by atoms with Gasteiger partial charge in [0.2, 0.25) is 0 Å². The molecule has 3 nitrogen and oxygen atoms in total. The van der Waals surface area contributed by atoms with E-state index < -0.39 is 0 Å². The summed E-state index contributed by atoms with van der Waals surface area (Å²) in [4.78, 5) is 4.78. The van der Waals surface area contributed by atoms with Gasteiger partial charge >= 0.3 is 0 Å². The van der Waals surface area contributed by atoms with Gasteiger partial charge in [0, 0.05) is 25.2 Å². The third kappa shape index (κ3) is 5.25. The lowest BCUT2D eigenvalue weighted by molar-refractivity contribution is 0.553. The monoisotopic (exact) mass is 345 g/mol. The van der Waals surface area contributed by atoms with Crippen molar-refractivity contribution >= 4 is 0 Å². The lowest BCUT2D eigenvalue weighted by Gasteiger charge is -2.16. The molecule has 26 heavy (non-hydrogen) atoms. The molecule has 0 aliphatic carbocycles. The lowest BCUT2D eigenvalue weighted by Crippen LogP contribution is -2.21. The van der Waals surface area contributed by atoms with Crippen LogP contribution in [0, 0.1) is 0 Å². The Balaban J connectivity index is 1.53. The molecule has 0 saturated heterocycles. The molecule has 1 heterocycles. The number of nitrogens with zero attached hydrogens (tertiary/aromatic N) is 1. The summed E-state index contributed by atoms with van der Waals surface area (Å²) in [6.45, 7) is 5.89. The second-order valence-corrected chi connectivity index (χ2v) is 6.65. The van der Waals surface area contributed by atoms with Crippen LogP contribution in [0.3, 0.4) is 0 Å². The fourth-order valence-electron chi connectivity index (χ4n) is 2.96. The SMILES string of the molecule is C[C@@H](NCc1cccc(CN[C@H](C)c2ccccc2)n1)c1ccccc1. The normalized spacial score (nSPS) is 13.3. The van der Waals surface area contributed by atoms with Gasteiger partial charge in [-0.25, -0.2) is 0 Å². The summed E-state index contributed by atoms with van der Waals surface area (Å²) in [5, 5.41) is 7.10. The second kappa shape index (κ2) is 9.27. The molecule has 0 fully saturated rings. The maximum Gasteiger partial charge on any atom is 0.0545 e. The van der Waals surface area contributed by atoms with E-state index in [9.17, 15) is 0 Å². The summed E-state index contributed by atoms with van der Waals surface area (Å²) in [7, 11) is 0. The van der Waals surface area contributed by atoms with E-state index in [4.69, 9.17) is 4.98 Å². The number of benzene rings is 2. The Bertz CT molecular complexity index is 722. The van der Waals surface area contributed by atoms with Crippen molar-refractivity contribution in [2.24, 2.45) is 0 Å². The van der Waals surface area contributed by atoms with Gasteiger partial charge in [0.25, 0.3) is 0 Å². The Labute approximate surface area is 156 Å². The van der Waals surface area contributed by atoms with Crippen LogP contribution in [0.4, 0.5) is 0 Å². The quantitative estimate of drug-likeness (QED) is 0.617. The maximum absolute atomic E-state index is 4.78. The van der Waals surface area contributed by atoms with Crippen LogP contribution in [0.2, 0.25) is 0 Å². The van der Waals surface area contributed by atoms with Gasteiger partial charge in [-0.1, -0.05) is 66.7 Å². The molecule has 0 spiro atoms. The minimum absolute atomic E-state index is 0.304. The zero-order valence-electron chi connectivity index (χ0n) is 15.5. The van der Waals surface area contributed by atoms with Gasteiger partial charge in [0.05, 0.1) is 11.4 Å². The highest BCUT2D eigenvalue weighted by molar-refractivity contribution is 5.20. The van der Waals surface area contributed by atoms with Gasteiger partial charge < -0.3 is 10.6 Å². The fraction of sp³-hybridized carbons (Fsp3) is 0.261. The first-order chi connectivity index (χ1) is 12.7. The maximum atomic E-state index is 4.78. The van der Waals surface area contributed by atoms with Crippen LogP contribution in [0.1, 0.15) is 48.4 Å². The van der Waals surface area contributed by atoms with E-state index in [-0.39, 0.29) is 0 Å². The van der Waals surface area contributed by atoms with E-state index in [1.54, 1.807) is 0 Å². The summed E-state index contributed by atoms with van der Waals surface area (Å²) in [6.07, 6.45) is 0. The largest absolute Gasteiger partial charge is 0.305 e. The Hall–Kier alpha value is -2.49. The van der Waals surface area contributed by atoms with Crippen molar-refractivity contribution in [3.63, 3.8) is 0 Å². The summed E-state index contributed by atoms with van der Waals surface area (Å²) in [5.41, 5.74) is 4.72. The third-order valence-electron chi connectivity index (χ3n) is 4.64. The molecule has 3 heteroatoms. The molecule has 0 bridgehead atoms. The molecule has 2 aromatic carbocycles. The predicted octanol–water partition coefficient (Wildman–Crippen LogP) is 4.78. The first kappa shape index (κ1) is 18.3. The number of hydrogen-bond acceptors (Lipinski definition) is 3. The van der Waals surface area contributed by atoms with Crippen molar-refractivity contribution in [2.75, 3.05) is 0 Å². The van der Waals surface area contributed by atoms with Gasteiger partial charge in [-0.05, 0) is 37.1 Å². The molecular weight excluding hydrogens is 318 g/mol. The minimum atomic E-state index is 0.304. The van der Waals surface area contributed by atoms with Gasteiger partial charge in [-0.15, -0.1) is 0 Å². The van der Waals surface area contributed by atoms with E-state index in [1.807, 2.05) is 12.1 Å². The van der Waals surface area contributed by atoms with Gasteiger partial charge in [-0.3, -0.25) is 4.98 Å². The molecule has 134 valence electrons. The Kier molecular flexibility index (Phi) is 6.53. The molecule has 0 radical (unpaired) electrons. The lowest BCUT2D eigenvalue weighted by atomic mass is 10.1. The van der Waals surface area contributed by atoms with Crippen LogP contribution < -0.4 is 10.6 Å². The molecule has 3 rings (SSSR count). The van der Waals surface area contributed by atoms with E-state index in [0.29, 0.717) is 12.1 Å². The number of hydrogen-bond donors (Lipinski definition) is 2. The third-order valence-corrected chi connectivity index (χ3v) is 4.64. The van der Waals surface area contributed by atoms with Crippen LogP contribution in [0.15, 0.2) is 78.9 Å². The Morgan fingerprint density at radius 2 is 1.04 bits per heavy atom. The Morgan fingerprint density at radius 3 is 1.46 bits per heavy atom. The van der Waals surface area contributed by atoms with E-state index in [1.165, 1.54) is 11.1 Å². The Morgan fingerprint density at radius 1 is 0.615 bits per heavy atom. The number of nitrogens with one attached hydrogen (secondary N) is 2. The van der Waals surface area contributed by atoms with Crippen molar-refractivity contribution in [2.45, 2.75) is 39.0 Å². The zero-order valence-corrected chi connectivity index (χ0v) is 15.5. The zero-order chi connectivity index (χ0) is 18.2. The molecule has 0 amide bonds. The number of rotatable bonds is 8. The molecule has 0 aliphatic rings. The highest BCUT2D eigenvalue weighted by atomic mass is 14.9. The van der Waals surface area contributed by atoms with E-state index >= 15 is 0 Å². The summed E-state index contributed by atoms with van der Waals surface area (Å²) in [5.74, 6) is 0. The van der Waals surface area contributed by atoms with Crippen LogP contribution in [0.5, 0.6) is 0 Å². The van der Waals surface area contributed by atoms with Crippen molar-refractivity contribution in [3.8, 4) is 0 Å². The van der Waals surface area contributed by atoms with Crippen molar-refractivity contribution < 1.29 is 0 Å². The molecule has 0 saturated carbocycles. The van der Waals surface area contributed by atoms with Gasteiger partial charge in [-0.2, -0.15) is 0 Å². The van der Waals surface area contributed by atoms with Crippen LogP contribution in [-0.2, 0) is 13.1 Å². The van der Waals surface area contributed by atoms with Crippen molar-refractivity contribution in [1.82, 2.24) is 15.6 Å². The minimum Gasteiger partial charge on any atom is -0.305 e. The second-order valence-electron chi connectivity index (χ2n) is 6.65. The standard InChI is InChI=1S/C23H27N3/c1-18(20-10-5-3-6-11-20)24-16-22-14-9-15-23(26-22)17-25-19(2)21-12-7-4-8-13-21/h3-15,18-19,24-25H,16-17H2,1-2H3/t18-,19-/m1/s1. The summed E-state index contributed by atoms with van der Waals surface area (Å²) >= 11 is 0. The van der Waals surface area contributed by atoms with E-state index in [0.717, 1.165) is 24.5 Å².